The number of hydrogen-bond donors (Lipinski definition) is 1. The van der Waals surface area contributed by atoms with Crippen LogP contribution in [0.15, 0.2) is 34.9 Å². The number of aromatic nitrogens is 1. The van der Waals surface area contributed by atoms with Crippen molar-refractivity contribution in [2.24, 2.45) is 5.73 Å². The number of aryl methyl sites for hydroxylation is 1. The van der Waals surface area contributed by atoms with Crippen molar-refractivity contribution in [2.75, 3.05) is 6.54 Å². The largest absolute Gasteiger partial charge is 0.441 e. The highest BCUT2D eigenvalue weighted by atomic mass is 35.5. The van der Waals surface area contributed by atoms with Crippen molar-refractivity contribution >= 4 is 11.6 Å². The maximum Gasteiger partial charge on any atom is 0.194 e. The molecule has 0 unspecified atom stereocenters. The fourth-order valence-corrected chi connectivity index (χ4v) is 1.64. The van der Waals surface area contributed by atoms with Crippen LogP contribution < -0.4 is 5.73 Å². The topological polar surface area (TPSA) is 52.0 Å². The van der Waals surface area contributed by atoms with E-state index in [0.717, 1.165) is 30.1 Å². The SMILES string of the molecule is NCCCc1ncc(-c2cccc(Cl)c2)o1. The van der Waals surface area contributed by atoms with Gasteiger partial charge in [-0.3, -0.25) is 0 Å². The maximum absolute atomic E-state index is 5.91. The standard InChI is InChI=1S/C12H13ClN2O/c13-10-4-1-3-9(7-10)11-8-15-12(16-11)5-2-6-14/h1,3-4,7-8H,2,5-6,14H2. The first kappa shape index (κ1) is 11.2. The first-order chi connectivity index (χ1) is 7.79. The minimum Gasteiger partial charge on any atom is -0.441 e. The Kier molecular flexibility index (Phi) is 3.59. The molecule has 0 spiro atoms. The Hall–Kier alpha value is -1.32. The van der Waals surface area contributed by atoms with Crippen LogP contribution in [0.25, 0.3) is 11.3 Å². The molecule has 0 amide bonds. The van der Waals surface area contributed by atoms with Gasteiger partial charge in [0.15, 0.2) is 11.7 Å². The molecule has 84 valence electrons. The van der Waals surface area contributed by atoms with Gasteiger partial charge in [0.2, 0.25) is 0 Å². The highest BCUT2D eigenvalue weighted by molar-refractivity contribution is 6.30. The van der Waals surface area contributed by atoms with Crippen molar-refractivity contribution in [2.45, 2.75) is 12.8 Å². The third-order valence-electron chi connectivity index (χ3n) is 2.26. The quantitative estimate of drug-likeness (QED) is 0.888. The second-order valence-corrected chi connectivity index (χ2v) is 3.96. The Morgan fingerprint density at radius 1 is 1.38 bits per heavy atom. The summed E-state index contributed by atoms with van der Waals surface area (Å²) >= 11 is 5.91. The third-order valence-corrected chi connectivity index (χ3v) is 2.49. The summed E-state index contributed by atoms with van der Waals surface area (Å²) in [5.74, 6) is 1.47. The number of benzene rings is 1. The van der Waals surface area contributed by atoms with Crippen LogP contribution in [-0.4, -0.2) is 11.5 Å². The van der Waals surface area contributed by atoms with Gasteiger partial charge in [0, 0.05) is 17.0 Å². The highest BCUT2D eigenvalue weighted by Crippen LogP contribution is 2.23. The predicted octanol–water partition coefficient (Wildman–Crippen LogP) is 2.89. The van der Waals surface area contributed by atoms with E-state index in [9.17, 15) is 0 Å². The zero-order valence-corrected chi connectivity index (χ0v) is 9.57. The predicted molar refractivity (Wildman–Crippen MR) is 64.3 cm³/mol. The average Bonchev–Trinajstić information content (AvgIpc) is 2.75. The fraction of sp³-hybridized carbons (Fsp3) is 0.250. The molecule has 0 radical (unpaired) electrons. The van der Waals surface area contributed by atoms with E-state index >= 15 is 0 Å². The van der Waals surface area contributed by atoms with Gasteiger partial charge in [-0.05, 0) is 25.1 Å². The lowest BCUT2D eigenvalue weighted by Gasteiger charge is -1.96. The molecule has 1 aromatic carbocycles. The maximum atomic E-state index is 5.91. The van der Waals surface area contributed by atoms with E-state index in [1.54, 1.807) is 6.20 Å². The Balaban J connectivity index is 2.18. The molecule has 1 heterocycles. The van der Waals surface area contributed by atoms with E-state index in [0.29, 0.717) is 11.6 Å². The second-order valence-electron chi connectivity index (χ2n) is 3.52. The molecule has 2 aromatic rings. The van der Waals surface area contributed by atoms with Crippen LogP contribution in [0.2, 0.25) is 5.02 Å². The van der Waals surface area contributed by atoms with Crippen LogP contribution >= 0.6 is 11.6 Å². The monoisotopic (exact) mass is 236 g/mol. The minimum atomic E-state index is 0.648. The normalized spacial score (nSPS) is 10.6. The molecule has 2 rings (SSSR count). The molecule has 1 aromatic heterocycles. The number of rotatable bonds is 4. The van der Waals surface area contributed by atoms with Crippen LogP contribution in [0.4, 0.5) is 0 Å². The lowest BCUT2D eigenvalue weighted by molar-refractivity contribution is 0.499. The fourth-order valence-electron chi connectivity index (χ4n) is 1.45. The summed E-state index contributed by atoms with van der Waals surface area (Å²) in [5.41, 5.74) is 6.37. The molecule has 0 saturated carbocycles. The van der Waals surface area contributed by atoms with Crippen LogP contribution in [0, 0.1) is 0 Å². The smallest absolute Gasteiger partial charge is 0.194 e. The van der Waals surface area contributed by atoms with Crippen molar-refractivity contribution in [3.05, 3.63) is 41.4 Å². The number of hydrogen-bond acceptors (Lipinski definition) is 3. The van der Waals surface area contributed by atoms with Crippen molar-refractivity contribution < 1.29 is 4.42 Å². The number of nitrogens with zero attached hydrogens (tertiary/aromatic N) is 1. The molecule has 3 nitrogen and oxygen atoms in total. The van der Waals surface area contributed by atoms with Gasteiger partial charge in [-0.1, -0.05) is 23.7 Å². The summed E-state index contributed by atoms with van der Waals surface area (Å²) in [5, 5.41) is 0.692. The highest BCUT2D eigenvalue weighted by Gasteiger charge is 2.06. The second kappa shape index (κ2) is 5.14. The van der Waals surface area contributed by atoms with Crippen LogP contribution in [0.5, 0.6) is 0 Å². The van der Waals surface area contributed by atoms with Crippen molar-refractivity contribution in [1.29, 1.82) is 0 Å². The van der Waals surface area contributed by atoms with E-state index in [-0.39, 0.29) is 0 Å². The number of nitrogens with two attached hydrogens (primary N) is 1. The van der Waals surface area contributed by atoms with Crippen molar-refractivity contribution in [1.82, 2.24) is 4.98 Å². The molecular weight excluding hydrogens is 224 g/mol. The molecule has 0 aliphatic rings. The van der Waals surface area contributed by atoms with E-state index in [2.05, 4.69) is 4.98 Å². The van der Waals surface area contributed by atoms with Gasteiger partial charge in [-0.25, -0.2) is 4.98 Å². The molecule has 16 heavy (non-hydrogen) atoms. The zero-order chi connectivity index (χ0) is 11.4. The molecule has 0 bridgehead atoms. The molecule has 0 aliphatic heterocycles. The first-order valence-corrected chi connectivity index (χ1v) is 5.58. The summed E-state index contributed by atoms with van der Waals surface area (Å²) < 4.78 is 5.60. The molecule has 0 saturated heterocycles. The van der Waals surface area contributed by atoms with Gasteiger partial charge < -0.3 is 10.2 Å². The summed E-state index contributed by atoms with van der Waals surface area (Å²) in [6, 6.07) is 7.52. The van der Waals surface area contributed by atoms with Crippen LogP contribution in [0.1, 0.15) is 12.3 Å². The summed E-state index contributed by atoms with van der Waals surface area (Å²) in [6.45, 7) is 0.648. The molecular formula is C12H13ClN2O. The first-order valence-electron chi connectivity index (χ1n) is 5.20. The van der Waals surface area contributed by atoms with Gasteiger partial charge in [0.05, 0.1) is 6.20 Å². The van der Waals surface area contributed by atoms with E-state index in [1.165, 1.54) is 0 Å². The van der Waals surface area contributed by atoms with E-state index in [4.69, 9.17) is 21.8 Å². The molecule has 0 fully saturated rings. The molecule has 4 heteroatoms. The molecule has 0 atom stereocenters. The van der Waals surface area contributed by atoms with Crippen LogP contribution in [0.3, 0.4) is 0 Å². The molecule has 0 aliphatic carbocycles. The van der Waals surface area contributed by atoms with Crippen molar-refractivity contribution in [3.8, 4) is 11.3 Å². The van der Waals surface area contributed by atoms with Gasteiger partial charge in [-0.15, -0.1) is 0 Å². The lowest BCUT2D eigenvalue weighted by Crippen LogP contribution is -2.00. The van der Waals surface area contributed by atoms with Gasteiger partial charge in [0.25, 0.3) is 0 Å². The van der Waals surface area contributed by atoms with Crippen molar-refractivity contribution in [3.63, 3.8) is 0 Å². The summed E-state index contributed by atoms with van der Waals surface area (Å²) in [7, 11) is 0. The van der Waals surface area contributed by atoms with Gasteiger partial charge in [0.1, 0.15) is 0 Å². The Morgan fingerprint density at radius 2 is 2.25 bits per heavy atom. The number of oxazole rings is 1. The summed E-state index contributed by atoms with van der Waals surface area (Å²) in [6.07, 6.45) is 3.38. The third kappa shape index (κ3) is 2.62. The minimum absolute atomic E-state index is 0.648. The average molecular weight is 237 g/mol. The Labute approximate surface area is 99.2 Å². The lowest BCUT2D eigenvalue weighted by atomic mass is 10.2. The van der Waals surface area contributed by atoms with E-state index in [1.807, 2.05) is 24.3 Å². The van der Waals surface area contributed by atoms with Gasteiger partial charge >= 0.3 is 0 Å². The Morgan fingerprint density at radius 3 is 3.00 bits per heavy atom. The molecule has 2 N–H and O–H groups in total. The van der Waals surface area contributed by atoms with Crippen LogP contribution in [-0.2, 0) is 6.42 Å². The number of halogens is 1. The van der Waals surface area contributed by atoms with Gasteiger partial charge in [-0.2, -0.15) is 0 Å². The van der Waals surface area contributed by atoms with E-state index < -0.39 is 0 Å². The zero-order valence-electron chi connectivity index (χ0n) is 8.82. The summed E-state index contributed by atoms with van der Waals surface area (Å²) in [4.78, 5) is 4.19. The Bertz CT molecular complexity index is 468.